The monoisotopic (exact) mass is 245 g/mol. The molecule has 1 N–H and O–H groups in total. The lowest BCUT2D eigenvalue weighted by Gasteiger charge is -2.00. The summed E-state index contributed by atoms with van der Waals surface area (Å²) < 4.78 is 0. The molecular weight excluding hydrogens is 237 g/mol. The molecule has 0 unspecified atom stereocenters. The molecule has 1 aromatic heterocycles. The van der Waals surface area contributed by atoms with Gasteiger partial charge < -0.3 is 5.11 Å². The minimum absolute atomic E-state index is 0.0478. The van der Waals surface area contributed by atoms with E-state index in [2.05, 4.69) is 4.98 Å². The first-order valence-electron chi connectivity index (χ1n) is 4.27. The Morgan fingerprint density at radius 1 is 1.53 bits per heavy atom. The fourth-order valence-corrected chi connectivity index (χ4v) is 1.30. The molecule has 0 amide bonds. The summed E-state index contributed by atoms with van der Waals surface area (Å²) >= 11 is 11.1. The van der Waals surface area contributed by atoms with E-state index in [9.17, 15) is 4.79 Å². The second kappa shape index (κ2) is 5.73. The molecule has 0 aromatic carbocycles. The summed E-state index contributed by atoms with van der Waals surface area (Å²) in [5.74, 6) is -0.594. The van der Waals surface area contributed by atoms with Gasteiger partial charge >= 0.3 is 5.97 Å². The average Bonchev–Trinajstić information content (AvgIpc) is 2.20. The summed E-state index contributed by atoms with van der Waals surface area (Å²) in [5, 5.41) is 9.03. The molecule has 1 heterocycles. The van der Waals surface area contributed by atoms with Crippen molar-refractivity contribution in [2.45, 2.75) is 6.42 Å². The Labute approximate surface area is 97.3 Å². The van der Waals surface area contributed by atoms with Crippen molar-refractivity contribution >= 4 is 35.2 Å². The normalized spacial score (nSPS) is 10.8. The second-order valence-corrected chi connectivity index (χ2v) is 3.52. The number of aromatic carboxylic acids is 1. The van der Waals surface area contributed by atoms with Gasteiger partial charge in [-0.2, -0.15) is 0 Å². The standard InChI is InChI=1S/C10H9Cl2NO2/c11-6-2-1-3-7-4-5-8(12)13-9(7)10(14)15/h1,3-5H,2,6H2,(H,14,15). The number of hydrogen-bond donors (Lipinski definition) is 1. The summed E-state index contributed by atoms with van der Waals surface area (Å²) in [6.07, 6.45) is 4.16. The van der Waals surface area contributed by atoms with Crippen LogP contribution in [0, 0.1) is 0 Å². The number of aromatic nitrogens is 1. The van der Waals surface area contributed by atoms with E-state index in [0.717, 1.165) is 0 Å². The zero-order valence-corrected chi connectivity index (χ0v) is 9.29. The Bertz CT molecular complexity index is 391. The number of carboxylic acid groups (broad SMARTS) is 1. The first-order chi connectivity index (χ1) is 7.15. The molecule has 0 saturated heterocycles. The maximum atomic E-state index is 10.8. The summed E-state index contributed by atoms with van der Waals surface area (Å²) in [4.78, 5) is 14.6. The Kier molecular flexibility index (Phi) is 4.59. The number of carbonyl (C=O) groups is 1. The van der Waals surface area contributed by atoms with Gasteiger partial charge in [0, 0.05) is 11.4 Å². The van der Waals surface area contributed by atoms with E-state index in [-0.39, 0.29) is 10.8 Å². The predicted octanol–water partition coefficient (Wildman–Crippen LogP) is 3.08. The maximum Gasteiger partial charge on any atom is 0.355 e. The molecule has 0 aliphatic heterocycles. The molecule has 0 bridgehead atoms. The zero-order valence-electron chi connectivity index (χ0n) is 7.78. The van der Waals surface area contributed by atoms with Crippen LogP contribution in [0.1, 0.15) is 22.5 Å². The van der Waals surface area contributed by atoms with Crippen LogP contribution >= 0.6 is 23.2 Å². The first-order valence-corrected chi connectivity index (χ1v) is 5.18. The third-order valence-electron chi connectivity index (χ3n) is 1.67. The average molecular weight is 246 g/mol. The molecule has 0 radical (unpaired) electrons. The van der Waals surface area contributed by atoms with E-state index in [1.165, 1.54) is 0 Å². The topological polar surface area (TPSA) is 50.2 Å². The SMILES string of the molecule is O=C(O)c1nc(Cl)ccc1C=CCCCl. The van der Waals surface area contributed by atoms with E-state index in [4.69, 9.17) is 28.3 Å². The van der Waals surface area contributed by atoms with Crippen LogP contribution in [0.15, 0.2) is 18.2 Å². The molecule has 5 heteroatoms. The lowest BCUT2D eigenvalue weighted by atomic mass is 10.1. The fraction of sp³-hybridized carbons (Fsp3) is 0.200. The van der Waals surface area contributed by atoms with Crippen molar-refractivity contribution in [3.05, 3.63) is 34.6 Å². The van der Waals surface area contributed by atoms with Crippen molar-refractivity contribution < 1.29 is 9.90 Å². The number of pyridine rings is 1. The number of rotatable bonds is 4. The zero-order chi connectivity index (χ0) is 11.3. The molecule has 0 fully saturated rings. The first kappa shape index (κ1) is 12.0. The van der Waals surface area contributed by atoms with Gasteiger partial charge in [0.2, 0.25) is 0 Å². The van der Waals surface area contributed by atoms with Gasteiger partial charge in [-0.3, -0.25) is 0 Å². The quantitative estimate of drug-likeness (QED) is 0.656. The molecule has 0 aliphatic rings. The predicted molar refractivity (Wildman–Crippen MR) is 60.6 cm³/mol. The minimum Gasteiger partial charge on any atom is -0.476 e. The van der Waals surface area contributed by atoms with Crippen molar-refractivity contribution in [1.82, 2.24) is 4.98 Å². The lowest BCUT2D eigenvalue weighted by Crippen LogP contribution is -2.03. The van der Waals surface area contributed by atoms with E-state index in [1.54, 1.807) is 24.3 Å². The minimum atomic E-state index is -1.09. The third kappa shape index (κ3) is 3.53. The molecule has 1 rings (SSSR count). The highest BCUT2D eigenvalue weighted by Gasteiger charge is 2.09. The number of nitrogens with zero attached hydrogens (tertiary/aromatic N) is 1. The molecule has 3 nitrogen and oxygen atoms in total. The molecule has 0 atom stereocenters. The number of allylic oxidation sites excluding steroid dienone is 1. The summed E-state index contributed by atoms with van der Waals surface area (Å²) in [6.45, 7) is 0. The Balaban J connectivity index is 3.01. The van der Waals surface area contributed by atoms with E-state index >= 15 is 0 Å². The van der Waals surface area contributed by atoms with Crippen molar-refractivity contribution in [3.63, 3.8) is 0 Å². The molecule has 80 valence electrons. The Morgan fingerprint density at radius 2 is 2.27 bits per heavy atom. The molecule has 0 aliphatic carbocycles. The molecule has 15 heavy (non-hydrogen) atoms. The largest absolute Gasteiger partial charge is 0.476 e. The van der Waals surface area contributed by atoms with E-state index in [0.29, 0.717) is 17.9 Å². The summed E-state index contributed by atoms with van der Waals surface area (Å²) in [7, 11) is 0. The van der Waals surface area contributed by atoms with Gasteiger partial charge in [0.25, 0.3) is 0 Å². The maximum absolute atomic E-state index is 10.8. The van der Waals surface area contributed by atoms with Gasteiger partial charge in [0.15, 0.2) is 5.69 Å². The van der Waals surface area contributed by atoms with Gasteiger partial charge in [-0.1, -0.05) is 23.8 Å². The Hall–Kier alpha value is -1.06. The molecular formula is C10H9Cl2NO2. The van der Waals surface area contributed by atoms with E-state index < -0.39 is 5.97 Å². The summed E-state index contributed by atoms with van der Waals surface area (Å²) in [6, 6.07) is 3.16. The van der Waals surface area contributed by atoms with Gasteiger partial charge in [-0.15, -0.1) is 11.6 Å². The van der Waals surface area contributed by atoms with Crippen LogP contribution < -0.4 is 0 Å². The van der Waals surface area contributed by atoms with Crippen LogP contribution in [0.5, 0.6) is 0 Å². The number of alkyl halides is 1. The fourth-order valence-electron chi connectivity index (χ4n) is 1.03. The van der Waals surface area contributed by atoms with E-state index in [1.807, 2.05) is 0 Å². The van der Waals surface area contributed by atoms with Crippen LogP contribution in [0.4, 0.5) is 0 Å². The summed E-state index contributed by atoms with van der Waals surface area (Å²) in [5.41, 5.74) is 0.477. The molecule has 0 spiro atoms. The van der Waals surface area contributed by atoms with Crippen LogP contribution in [-0.4, -0.2) is 21.9 Å². The molecule has 1 aromatic rings. The van der Waals surface area contributed by atoms with Crippen molar-refractivity contribution in [3.8, 4) is 0 Å². The second-order valence-electron chi connectivity index (χ2n) is 2.76. The van der Waals surface area contributed by atoms with Crippen molar-refractivity contribution in [2.24, 2.45) is 0 Å². The lowest BCUT2D eigenvalue weighted by molar-refractivity contribution is 0.0690. The highest BCUT2D eigenvalue weighted by Crippen LogP contribution is 2.13. The van der Waals surface area contributed by atoms with Gasteiger partial charge in [0.1, 0.15) is 5.15 Å². The van der Waals surface area contributed by atoms with Crippen molar-refractivity contribution in [2.75, 3.05) is 5.88 Å². The van der Waals surface area contributed by atoms with Crippen LogP contribution in [0.2, 0.25) is 5.15 Å². The van der Waals surface area contributed by atoms with Crippen LogP contribution in [0.3, 0.4) is 0 Å². The van der Waals surface area contributed by atoms with Gasteiger partial charge in [-0.25, -0.2) is 9.78 Å². The highest BCUT2D eigenvalue weighted by molar-refractivity contribution is 6.29. The Morgan fingerprint density at radius 3 is 2.87 bits per heavy atom. The van der Waals surface area contributed by atoms with Crippen LogP contribution in [-0.2, 0) is 0 Å². The number of carboxylic acids is 1. The third-order valence-corrected chi connectivity index (χ3v) is 2.10. The smallest absolute Gasteiger partial charge is 0.355 e. The highest BCUT2D eigenvalue weighted by atomic mass is 35.5. The van der Waals surface area contributed by atoms with Gasteiger partial charge in [0.05, 0.1) is 0 Å². The molecule has 0 saturated carbocycles. The number of halogens is 2. The van der Waals surface area contributed by atoms with Gasteiger partial charge in [-0.05, 0) is 18.6 Å². The number of hydrogen-bond acceptors (Lipinski definition) is 2. The van der Waals surface area contributed by atoms with Crippen LogP contribution in [0.25, 0.3) is 6.08 Å². The van der Waals surface area contributed by atoms with Crippen molar-refractivity contribution in [1.29, 1.82) is 0 Å².